The van der Waals surface area contributed by atoms with Gasteiger partial charge >= 0.3 is 0 Å². The molecule has 0 spiro atoms. The molecule has 1 nitrogen and oxygen atoms in total. The van der Waals surface area contributed by atoms with Crippen LogP contribution in [0.4, 0.5) is 10.1 Å². The highest BCUT2D eigenvalue weighted by Gasteiger charge is 2.13. The van der Waals surface area contributed by atoms with Crippen LogP contribution in [0.25, 0.3) is 0 Å². The SMILES string of the molecule is Fc1cc(Br)c2c(c1)CCN2. The summed E-state index contributed by atoms with van der Waals surface area (Å²) >= 11 is 3.30. The molecule has 1 N–H and O–H groups in total. The van der Waals surface area contributed by atoms with Crippen molar-refractivity contribution in [2.24, 2.45) is 0 Å². The van der Waals surface area contributed by atoms with E-state index in [-0.39, 0.29) is 5.82 Å². The fourth-order valence-electron chi connectivity index (χ4n) is 1.34. The van der Waals surface area contributed by atoms with Gasteiger partial charge in [-0.05, 0) is 40.0 Å². The third-order valence-electron chi connectivity index (χ3n) is 1.83. The second-order valence-corrected chi connectivity index (χ2v) is 3.45. The van der Waals surface area contributed by atoms with E-state index in [1.54, 1.807) is 6.07 Å². The van der Waals surface area contributed by atoms with Gasteiger partial charge in [-0.3, -0.25) is 0 Å². The number of hydrogen-bond donors (Lipinski definition) is 1. The first-order valence-electron chi connectivity index (χ1n) is 3.49. The Morgan fingerprint density at radius 3 is 3.09 bits per heavy atom. The molecular weight excluding hydrogens is 209 g/mol. The second-order valence-electron chi connectivity index (χ2n) is 2.60. The molecule has 0 saturated carbocycles. The van der Waals surface area contributed by atoms with E-state index in [9.17, 15) is 4.39 Å². The normalized spacial score (nSPS) is 14.4. The maximum Gasteiger partial charge on any atom is 0.124 e. The number of nitrogens with one attached hydrogen (secondary N) is 1. The lowest BCUT2D eigenvalue weighted by Gasteiger charge is -2.01. The van der Waals surface area contributed by atoms with E-state index >= 15 is 0 Å². The van der Waals surface area contributed by atoms with Crippen LogP contribution < -0.4 is 5.32 Å². The summed E-state index contributed by atoms with van der Waals surface area (Å²) in [7, 11) is 0. The Bertz CT molecular complexity index is 298. The van der Waals surface area contributed by atoms with Crippen molar-refractivity contribution < 1.29 is 4.39 Å². The van der Waals surface area contributed by atoms with Crippen molar-refractivity contribution in [1.29, 1.82) is 0 Å². The summed E-state index contributed by atoms with van der Waals surface area (Å²) in [6.45, 7) is 0.914. The molecular formula is C8H7BrFN. The van der Waals surface area contributed by atoms with Crippen LogP contribution in [0.1, 0.15) is 5.56 Å². The van der Waals surface area contributed by atoms with Gasteiger partial charge in [0.2, 0.25) is 0 Å². The molecule has 0 atom stereocenters. The van der Waals surface area contributed by atoms with Crippen molar-refractivity contribution in [2.75, 3.05) is 11.9 Å². The minimum absolute atomic E-state index is 0.167. The van der Waals surface area contributed by atoms with Crippen molar-refractivity contribution in [3.63, 3.8) is 0 Å². The fraction of sp³-hybridized carbons (Fsp3) is 0.250. The van der Waals surface area contributed by atoms with E-state index in [2.05, 4.69) is 21.2 Å². The van der Waals surface area contributed by atoms with E-state index in [4.69, 9.17) is 0 Å². The zero-order chi connectivity index (χ0) is 7.84. The van der Waals surface area contributed by atoms with Gasteiger partial charge in [-0.25, -0.2) is 4.39 Å². The maximum atomic E-state index is 12.8. The molecule has 58 valence electrons. The molecule has 1 heterocycles. The van der Waals surface area contributed by atoms with Gasteiger partial charge < -0.3 is 5.32 Å². The third-order valence-corrected chi connectivity index (χ3v) is 2.46. The molecule has 1 aliphatic heterocycles. The average Bonchev–Trinajstić information content (AvgIpc) is 2.34. The van der Waals surface area contributed by atoms with E-state index in [1.165, 1.54) is 6.07 Å². The van der Waals surface area contributed by atoms with Gasteiger partial charge in [0.05, 0.1) is 5.69 Å². The minimum atomic E-state index is -0.167. The lowest BCUT2D eigenvalue weighted by molar-refractivity contribution is 0.625. The Morgan fingerprint density at radius 1 is 1.45 bits per heavy atom. The average molecular weight is 216 g/mol. The molecule has 0 amide bonds. The molecule has 0 radical (unpaired) electrons. The Balaban J connectivity index is 2.60. The highest BCUT2D eigenvalue weighted by atomic mass is 79.9. The largest absolute Gasteiger partial charge is 0.384 e. The summed E-state index contributed by atoms with van der Waals surface area (Å²) in [6, 6.07) is 3.07. The summed E-state index contributed by atoms with van der Waals surface area (Å²) in [5.41, 5.74) is 2.11. The molecule has 0 bridgehead atoms. The number of anilines is 1. The van der Waals surface area contributed by atoms with Crippen molar-refractivity contribution in [3.05, 3.63) is 28.0 Å². The van der Waals surface area contributed by atoms with Gasteiger partial charge in [-0.2, -0.15) is 0 Å². The van der Waals surface area contributed by atoms with Crippen LogP contribution in [0, 0.1) is 5.82 Å². The summed E-state index contributed by atoms with van der Waals surface area (Å²) in [5, 5.41) is 3.18. The van der Waals surface area contributed by atoms with Crippen LogP contribution in [0.15, 0.2) is 16.6 Å². The molecule has 3 heteroatoms. The summed E-state index contributed by atoms with van der Waals surface area (Å²) in [6.07, 6.45) is 0.922. The molecule has 1 aliphatic rings. The quantitative estimate of drug-likeness (QED) is 0.702. The second kappa shape index (κ2) is 2.48. The van der Waals surface area contributed by atoms with Gasteiger partial charge in [-0.1, -0.05) is 0 Å². The van der Waals surface area contributed by atoms with Gasteiger partial charge in [0, 0.05) is 11.0 Å². The minimum Gasteiger partial charge on any atom is -0.384 e. The number of benzene rings is 1. The number of fused-ring (bicyclic) bond motifs is 1. The zero-order valence-electron chi connectivity index (χ0n) is 5.82. The molecule has 2 rings (SSSR count). The monoisotopic (exact) mass is 215 g/mol. The van der Waals surface area contributed by atoms with Crippen LogP contribution in [0.2, 0.25) is 0 Å². The Hall–Kier alpha value is -0.570. The smallest absolute Gasteiger partial charge is 0.124 e. The molecule has 0 saturated heterocycles. The zero-order valence-corrected chi connectivity index (χ0v) is 7.41. The molecule has 0 aliphatic carbocycles. The van der Waals surface area contributed by atoms with Crippen LogP contribution >= 0.6 is 15.9 Å². The Morgan fingerprint density at radius 2 is 2.27 bits per heavy atom. The van der Waals surface area contributed by atoms with Crippen molar-refractivity contribution in [2.45, 2.75) is 6.42 Å². The first kappa shape index (κ1) is 7.10. The highest BCUT2D eigenvalue weighted by molar-refractivity contribution is 9.10. The fourth-order valence-corrected chi connectivity index (χ4v) is 1.96. The van der Waals surface area contributed by atoms with Crippen LogP contribution in [0.3, 0.4) is 0 Å². The molecule has 1 aromatic carbocycles. The van der Waals surface area contributed by atoms with Crippen molar-refractivity contribution in [3.8, 4) is 0 Å². The van der Waals surface area contributed by atoms with Gasteiger partial charge in [0.1, 0.15) is 5.82 Å². The van der Waals surface area contributed by atoms with Gasteiger partial charge in [-0.15, -0.1) is 0 Å². The van der Waals surface area contributed by atoms with Crippen molar-refractivity contribution >= 4 is 21.6 Å². The highest BCUT2D eigenvalue weighted by Crippen LogP contribution is 2.31. The standard InChI is InChI=1S/C8H7BrFN/c9-7-4-6(10)3-5-1-2-11-8(5)7/h3-4,11H,1-2H2. The maximum absolute atomic E-state index is 12.8. The summed E-state index contributed by atoms with van der Waals surface area (Å²) < 4.78 is 13.6. The van der Waals surface area contributed by atoms with Gasteiger partial charge in [0.25, 0.3) is 0 Å². The van der Waals surface area contributed by atoms with Crippen LogP contribution in [-0.4, -0.2) is 6.54 Å². The summed E-state index contributed by atoms with van der Waals surface area (Å²) in [4.78, 5) is 0. The van der Waals surface area contributed by atoms with Crippen LogP contribution in [-0.2, 0) is 6.42 Å². The predicted octanol–water partition coefficient (Wildman–Crippen LogP) is 2.56. The number of hydrogen-bond acceptors (Lipinski definition) is 1. The van der Waals surface area contributed by atoms with Crippen LogP contribution in [0.5, 0.6) is 0 Å². The van der Waals surface area contributed by atoms with E-state index in [0.717, 1.165) is 28.7 Å². The predicted molar refractivity (Wildman–Crippen MR) is 46.3 cm³/mol. The van der Waals surface area contributed by atoms with E-state index in [1.807, 2.05) is 0 Å². The molecule has 0 aromatic heterocycles. The molecule has 0 unspecified atom stereocenters. The Labute approximate surface area is 72.7 Å². The molecule has 0 fully saturated rings. The molecule has 1 aromatic rings. The topological polar surface area (TPSA) is 12.0 Å². The lowest BCUT2D eigenvalue weighted by atomic mass is 10.2. The van der Waals surface area contributed by atoms with E-state index in [0.29, 0.717) is 0 Å². The Kier molecular flexibility index (Phi) is 1.60. The summed E-state index contributed by atoms with van der Waals surface area (Å²) in [5.74, 6) is -0.167. The number of halogens is 2. The van der Waals surface area contributed by atoms with E-state index < -0.39 is 0 Å². The lowest BCUT2D eigenvalue weighted by Crippen LogP contribution is -1.91. The first-order valence-corrected chi connectivity index (χ1v) is 4.28. The third kappa shape index (κ3) is 1.13. The molecule has 11 heavy (non-hydrogen) atoms. The van der Waals surface area contributed by atoms with Crippen molar-refractivity contribution in [1.82, 2.24) is 0 Å². The van der Waals surface area contributed by atoms with Gasteiger partial charge in [0.15, 0.2) is 0 Å². The first-order chi connectivity index (χ1) is 5.27. The number of rotatable bonds is 0.